The fraction of sp³-hybridized carbons (Fsp3) is 0.441. The normalized spacial score (nSPS) is 22.1. The van der Waals surface area contributed by atoms with Crippen molar-refractivity contribution >= 4 is 17.4 Å². The fourth-order valence-electron chi connectivity index (χ4n) is 6.38. The van der Waals surface area contributed by atoms with Gasteiger partial charge < -0.3 is 11.1 Å². The summed E-state index contributed by atoms with van der Waals surface area (Å²) in [6.07, 6.45) is 12.7. The molecule has 3 aliphatic carbocycles. The molecule has 0 bridgehead atoms. The van der Waals surface area contributed by atoms with E-state index < -0.39 is 0 Å². The number of aromatic nitrogens is 1. The molecule has 3 N–H and O–H groups in total. The van der Waals surface area contributed by atoms with Crippen LogP contribution in [0.5, 0.6) is 0 Å². The molecular weight excluding hydrogens is 482 g/mol. The van der Waals surface area contributed by atoms with Crippen LogP contribution >= 0.6 is 0 Å². The molecule has 3 aromatic rings. The molecule has 39 heavy (non-hydrogen) atoms. The molecule has 3 aliphatic rings. The third-order valence-electron chi connectivity index (χ3n) is 9.20. The Kier molecular flexibility index (Phi) is 7.35. The first-order valence-corrected chi connectivity index (χ1v) is 14.7. The lowest BCUT2D eigenvalue weighted by Gasteiger charge is -2.38. The Morgan fingerprint density at radius 2 is 1.51 bits per heavy atom. The maximum Gasteiger partial charge on any atom is 0.224 e. The zero-order valence-corrected chi connectivity index (χ0v) is 22.7. The van der Waals surface area contributed by atoms with Gasteiger partial charge in [0.25, 0.3) is 0 Å². The second-order valence-corrected chi connectivity index (χ2v) is 12.2. The zero-order valence-electron chi connectivity index (χ0n) is 22.7. The summed E-state index contributed by atoms with van der Waals surface area (Å²) in [4.78, 5) is 30.0. The Balaban J connectivity index is 1.13. The maximum atomic E-state index is 13.0. The number of nitrogens with two attached hydrogens (primary N) is 1. The number of rotatable bonds is 9. The van der Waals surface area contributed by atoms with Crippen LogP contribution in [0.25, 0.3) is 22.4 Å². The van der Waals surface area contributed by atoms with Gasteiger partial charge in [-0.1, -0.05) is 54.6 Å². The molecule has 202 valence electrons. The van der Waals surface area contributed by atoms with Crippen LogP contribution in [0.4, 0.5) is 5.69 Å². The first kappa shape index (κ1) is 25.9. The van der Waals surface area contributed by atoms with Gasteiger partial charge in [0.05, 0.1) is 17.6 Å². The smallest absolute Gasteiger partial charge is 0.224 e. The van der Waals surface area contributed by atoms with Crippen molar-refractivity contribution in [1.82, 2.24) is 4.98 Å². The molecule has 5 heteroatoms. The number of hydrogen-bond donors (Lipinski definition) is 2. The van der Waals surface area contributed by atoms with Gasteiger partial charge in [0.2, 0.25) is 5.91 Å². The molecule has 0 radical (unpaired) electrons. The van der Waals surface area contributed by atoms with E-state index in [4.69, 9.17) is 10.7 Å². The summed E-state index contributed by atoms with van der Waals surface area (Å²) >= 11 is 0. The molecule has 0 aliphatic heterocycles. The van der Waals surface area contributed by atoms with Crippen molar-refractivity contribution in [3.8, 4) is 22.4 Å². The first-order chi connectivity index (χ1) is 19.0. The van der Waals surface area contributed by atoms with Gasteiger partial charge in [0.15, 0.2) is 0 Å². The lowest BCUT2D eigenvalue weighted by molar-refractivity contribution is -0.122. The number of ketones is 1. The van der Waals surface area contributed by atoms with Gasteiger partial charge in [0.1, 0.15) is 5.78 Å². The Bertz CT molecular complexity index is 1320. The summed E-state index contributed by atoms with van der Waals surface area (Å²) in [7, 11) is 0. The van der Waals surface area contributed by atoms with Gasteiger partial charge in [-0.2, -0.15) is 0 Å². The van der Waals surface area contributed by atoms with Crippen LogP contribution in [0.15, 0.2) is 66.9 Å². The molecule has 0 unspecified atom stereocenters. The van der Waals surface area contributed by atoms with Gasteiger partial charge in [-0.15, -0.1) is 0 Å². The highest BCUT2D eigenvalue weighted by Crippen LogP contribution is 2.40. The topological polar surface area (TPSA) is 85.1 Å². The standard InChI is InChI=1S/C34H39N3O2/c35-34(17-4-18-34)28-15-13-27(14-16-28)33-30(25-5-2-1-3-6-25)21-29(22-36-33)37-32(39)20-24-9-7-23(8-10-24)19-31(38)26-11-12-26/h1-3,5-6,13-16,21-24,26H,4,7-12,17-20,35H2,(H,37,39). The van der Waals surface area contributed by atoms with Crippen molar-refractivity contribution < 1.29 is 9.59 Å². The van der Waals surface area contributed by atoms with E-state index in [9.17, 15) is 9.59 Å². The molecule has 0 atom stereocenters. The van der Waals surface area contributed by atoms with E-state index in [2.05, 4.69) is 41.7 Å². The number of nitrogens with one attached hydrogen (secondary N) is 1. The second kappa shape index (κ2) is 11.1. The van der Waals surface area contributed by atoms with Crippen LogP contribution in [-0.2, 0) is 15.1 Å². The number of benzene rings is 2. The van der Waals surface area contributed by atoms with Crippen LogP contribution < -0.4 is 11.1 Å². The molecule has 1 heterocycles. The van der Waals surface area contributed by atoms with E-state index in [1.807, 2.05) is 24.3 Å². The van der Waals surface area contributed by atoms with E-state index in [1.165, 1.54) is 12.0 Å². The summed E-state index contributed by atoms with van der Waals surface area (Å²) in [6.45, 7) is 0. The van der Waals surface area contributed by atoms with Crippen molar-refractivity contribution in [3.05, 3.63) is 72.4 Å². The lowest BCUT2D eigenvalue weighted by Crippen LogP contribution is -2.43. The number of Topliss-reactive ketones (excluding diaryl/α,β-unsaturated/α-hetero) is 1. The van der Waals surface area contributed by atoms with Crippen molar-refractivity contribution in [1.29, 1.82) is 0 Å². The molecule has 3 fully saturated rings. The van der Waals surface area contributed by atoms with Crippen LogP contribution in [-0.4, -0.2) is 16.7 Å². The number of hydrogen-bond acceptors (Lipinski definition) is 4. The number of amides is 1. The molecule has 6 rings (SSSR count). The van der Waals surface area contributed by atoms with Crippen molar-refractivity contribution in [2.24, 2.45) is 23.5 Å². The first-order valence-electron chi connectivity index (χ1n) is 14.7. The molecule has 2 aromatic carbocycles. The number of anilines is 1. The molecular formula is C34H39N3O2. The average Bonchev–Trinajstić information content (AvgIpc) is 3.79. The lowest BCUT2D eigenvalue weighted by atomic mass is 9.72. The second-order valence-electron chi connectivity index (χ2n) is 12.2. The van der Waals surface area contributed by atoms with Crippen molar-refractivity contribution in [2.45, 2.75) is 76.2 Å². The van der Waals surface area contributed by atoms with E-state index in [1.54, 1.807) is 6.20 Å². The predicted octanol–water partition coefficient (Wildman–Crippen LogP) is 7.26. The number of carbonyl (C=O) groups excluding carboxylic acids is 2. The van der Waals surface area contributed by atoms with E-state index >= 15 is 0 Å². The Hall–Kier alpha value is -3.31. The van der Waals surface area contributed by atoms with E-state index in [0.29, 0.717) is 30.0 Å². The number of pyridine rings is 1. The summed E-state index contributed by atoms with van der Waals surface area (Å²) in [6, 6.07) is 20.8. The van der Waals surface area contributed by atoms with Crippen LogP contribution in [0, 0.1) is 17.8 Å². The average molecular weight is 522 g/mol. The Morgan fingerprint density at radius 3 is 2.13 bits per heavy atom. The van der Waals surface area contributed by atoms with Crippen molar-refractivity contribution in [2.75, 3.05) is 5.32 Å². The molecule has 3 saturated carbocycles. The summed E-state index contributed by atoms with van der Waals surface area (Å²) in [5.41, 5.74) is 12.2. The third kappa shape index (κ3) is 5.99. The fourth-order valence-corrected chi connectivity index (χ4v) is 6.38. The number of nitrogens with zero attached hydrogens (tertiary/aromatic N) is 1. The third-order valence-corrected chi connectivity index (χ3v) is 9.20. The minimum absolute atomic E-state index is 0.0409. The minimum Gasteiger partial charge on any atom is -0.325 e. The van der Waals surface area contributed by atoms with Gasteiger partial charge >= 0.3 is 0 Å². The Labute approximate surface area is 231 Å². The zero-order chi connectivity index (χ0) is 26.8. The van der Waals surface area contributed by atoms with Gasteiger partial charge in [-0.25, -0.2) is 0 Å². The molecule has 1 amide bonds. The van der Waals surface area contributed by atoms with Gasteiger partial charge in [0, 0.05) is 35.4 Å². The largest absolute Gasteiger partial charge is 0.325 e. The highest BCUT2D eigenvalue weighted by atomic mass is 16.1. The van der Waals surface area contributed by atoms with E-state index in [0.717, 1.165) is 85.9 Å². The van der Waals surface area contributed by atoms with Crippen molar-refractivity contribution in [3.63, 3.8) is 0 Å². The SMILES string of the molecule is NC1(c2ccc(-c3ncc(NC(=O)CC4CCC(CC(=O)C5CC5)CC4)cc3-c3ccccc3)cc2)CCC1. The minimum atomic E-state index is -0.185. The van der Waals surface area contributed by atoms with Gasteiger partial charge in [-0.05, 0) is 86.8 Å². The number of carbonyl (C=O) groups is 2. The predicted molar refractivity (Wildman–Crippen MR) is 156 cm³/mol. The summed E-state index contributed by atoms with van der Waals surface area (Å²) in [5.74, 6) is 1.77. The highest BCUT2D eigenvalue weighted by Gasteiger charge is 2.34. The molecule has 0 saturated heterocycles. The maximum absolute atomic E-state index is 13.0. The quantitative estimate of drug-likeness (QED) is 0.310. The molecule has 1 aromatic heterocycles. The monoisotopic (exact) mass is 521 g/mol. The van der Waals surface area contributed by atoms with Gasteiger partial charge in [-0.3, -0.25) is 14.6 Å². The highest BCUT2D eigenvalue weighted by molar-refractivity contribution is 5.93. The Morgan fingerprint density at radius 1 is 0.846 bits per heavy atom. The van der Waals surface area contributed by atoms with E-state index in [-0.39, 0.29) is 11.4 Å². The van der Waals surface area contributed by atoms with Crippen LogP contribution in [0.3, 0.4) is 0 Å². The van der Waals surface area contributed by atoms with Crippen LogP contribution in [0.1, 0.15) is 76.2 Å². The molecule has 0 spiro atoms. The molecule has 5 nitrogen and oxygen atoms in total. The summed E-state index contributed by atoms with van der Waals surface area (Å²) in [5, 5.41) is 3.12. The van der Waals surface area contributed by atoms with Crippen LogP contribution in [0.2, 0.25) is 0 Å². The summed E-state index contributed by atoms with van der Waals surface area (Å²) < 4.78 is 0.